The van der Waals surface area contributed by atoms with Crippen molar-refractivity contribution < 1.29 is 14.3 Å². The van der Waals surface area contributed by atoms with Gasteiger partial charge >= 0.3 is 6.03 Å². The highest BCUT2D eigenvalue weighted by molar-refractivity contribution is 6.30. The van der Waals surface area contributed by atoms with Gasteiger partial charge in [-0.25, -0.2) is 4.79 Å². The average molecular weight is 355 g/mol. The van der Waals surface area contributed by atoms with E-state index in [1.165, 1.54) is 0 Å². The van der Waals surface area contributed by atoms with Crippen LogP contribution in [0.25, 0.3) is 0 Å². The first kappa shape index (κ1) is 18.2. The lowest BCUT2D eigenvalue weighted by Crippen LogP contribution is -2.54. The fourth-order valence-electron chi connectivity index (χ4n) is 2.52. The summed E-state index contributed by atoms with van der Waals surface area (Å²) in [7, 11) is 1.57. The lowest BCUT2D eigenvalue weighted by molar-refractivity contribution is -0.130. The number of nitrogens with one attached hydrogen (secondary N) is 2. The van der Waals surface area contributed by atoms with E-state index in [4.69, 9.17) is 16.3 Å². The van der Waals surface area contributed by atoms with Gasteiger partial charge in [0.2, 0.25) is 5.91 Å². The molecule has 1 aromatic carbocycles. The Kier molecular flexibility index (Phi) is 6.54. The molecule has 2 N–H and O–H groups in total. The number of anilines is 1. The Hall–Kier alpha value is -2.15. The molecule has 0 saturated carbocycles. The monoisotopic (exact) mass is 354 g/mol. The second-order valence-corrected chi connectivity index (χ2v) is 5.84. The summed E-state index contributed by atoms with van der Waals surface area (Å²) >= 11 is 5.97. The molecule has 7 nitrogen and oxygen atoms in total. The maximum atomic E-state index is 12.3. The molecule has 1 aromatic rings. The Morgan fingerprint density at radius 2 is 1.88 bits per heavy atom. The Morgan fingerprint density at radius 3 is 2.50 bits per heavy atom. The van der Waals surface area contributed by atoms with Crippen LogP contribution in [0, 0.1) is 0 Å². The number of halogens is 1. The standard InChI is InChI=1S/C16H23ClN4O3/c1-3-18-16(23)21-8-6-20(7-9-21)15(22)11-19-13-10-12(17)4-5-14(13)24-2/h4-5,10,19H,3,6-9,11H2,1-2H3,(H,18,23). The summed E-state index contributed by atoms with van der Waals surface area (Å²) < 4.78 is 5.24. The van der Waals surface area contributed by atoms with Crippen molar-refractivity contribution in [2.45, 2.75) is 6.92 Å². The maximum Gasteiger partial charge on any atom is 0.317 e. The molecule has 0 bridgehead atoms. The zero-order valence-electron chi connectivity index (χ0n) is 14.0. The Balaban J connectivity index is 1.84. The molecule has 0 aliphatic carbocycles. The van der Waals surface area contributed by atoms with Gasteiger partial charge in [0.1, 0.15) is 5.75 Å². The molecule has 24 heavy (non-hydrogen) atoms. The van der Waals surface area contributed by atoms with Crippen LogP contribution >= 0.6 is 11.6 Å². The van der Waals surface area contributed by atoms with Crippen molar-refractivity contribution in [3.8, 4) is 5.75 Å². The Labute approximate surface area is 146 Å². The van der Waals surface area contributed by atoms with Crippen LogP contribution < -0.4 is 15.4 Å². The third-order valence-electron chi connectivity index (χ3n) is 3.84. The van der Waals surface area contributed by atoms with Crippen LogP contribution in [0.3, 0.4) is 0 Å². The van der Waals surface area contributed by atoms with E-state index in [9.17, 15) is 9.59 Å². The van der Waals surface area contributed by atoms with Crippen LogP contribution in [-0.2, 0) is 4.79 Å². The van der Waals surface area contributed by atoms with Gasteiger partial charge < -0.3 is 25.2 Å². The number of amides is 3. The van der Waals surface area contributed by atoms with Crippen molar-refractivity contribution in [2.75, 3.05) is 51.7 Å². The molecule has 0 aromatic heterocycles. The summed E-state index contributed by atoms with van der Waals surface area (Å²) in [6.45, 7) is 4.78. The van der Waals surface area contributed by atoms with E-state index in [0.717, 1.165) is 0 Å². The highest BCUT2D eigenvalue weighted by atomic mass is 35.5. The molecule has 2 rings (SSSR count). The maximum absolute atomic E-state index is 12.3. The predicted molar refractivity (Wildman–Crippen MR) is 93.7 cm³/mol. The number of nitrogens with zero attached hydrogens (tertiary/aromatic N) is 2. The molecule has 1 heterocycles. The van der Waals surface area contributed by atoms with Crippen molar-refractivity contribution in [2.24, 2.45) is 0 Å². The van der Waals surface area contributed by atoms with Crippen LogP contribution in [0.2, 0.25) is 5.02 Å². The van der Waals surface area contributed by atoms with E-state index in [-0.39, 0.29) is 18.5 Å². The molecule has 132 valence electrons. The summed E-state index contributed by atoms with van der Waals surface area (Å²) in [6.07, 6.45) is 0. The van der Waals surface area contributed by atoms with Gasteiger partial charge in [-0.05, 0) is 25.1 Å². The highest BCUT2D eigenvalue weighted by Gasteiger charge is 2.23. The van der Waals surface area contributed by atoms with Crippen LogP contribution in [0.1, 0.15) is 6.92 Å². The molecule has 0 spiro atoms. The molecule has 1 aliphatic rings. The fraction of sp³-hybridized carbons (Fsp3) is 0.500. The number of benzene rings is 1. The molecular formula is C16H23ClN4O3. The quantitative estimate of drug-likeness (QED) is 0.843. The SMILES string of the molecule is CCNC(=O)N1CCN(C(=O)CNc2cc(Cl)ccc2OC)CC1. The van der Waals surface area contributed by atoms with Gasteiger partial charge in [0, 0.05) is 37.7 Å². The predicted octanol–water partition coefficient (Wildman–Crippen LogP) is 1.63. The van der Waals surface area contributed by atoms with E-state index in [1.54, 1.807) is 35.1 Å². The van der Waals surface area contributed by atoms with Crippen molar-refractivity contribution in [3.05, 3.63) is 23.2 Å². The van der Waals surface area contributed by atoms with E-state index in [2.05, 4.69) is 10.6 Å². The fourth-order valence-corrected chi connectivity index (χ4v) is 2.70. The molecular weight excluding hydrogens is 332 g/mol. The second kappa shape index (κ2) is 8.63. The molecule has 0 unspecified atom stereocenters. The minimum absolute atomic E-state index is 0.0208. The van der Waals surface area contributed by atoms with Crippen LogP contribution in [0.5, 0.6) is 5.75 Å². The number of urea groups is 1. The van der Waals surface area contributed by atoms with Gasteiger partial charge in [0.25, 0.3) is 0 Å². The number of hydrogen-bond acceptors (Lipinski definition) is 4. The molecule has 0 atom stereocenters. The van der Waals surface area contributed by atoms with Crippen LogP contribution in [0.15, 0.2) is 18.2 Å². The topological polar surface area (TPSA) is 73.9 Å². The van der Waals surface area contributed by atoms with E-state index in [0.29, 0.717) is 49.2 Å². The summed E-state index contributed by atoms with van der Waals surface area (Å²) in [6, 6.07) is 5.13. The first-order valence-corrected chi connectivity index (χ1v) is 8.31. The van der Waals surface area contributed by atoms with Gasteiger partial charge in [-0.2, -0.15) is 0 Å². The molecule has 8 heteroatoms. The third-order valence-corrected chi connectivity index (χ3v) is 4.07. The minimum Gasteiger partial charge on any atom is -0.495 e. The largest absolute Gasteiger partial charge is 0.495 e. The van der Waals surface area contributed by atoms with Gasteiger partial charge in [0.15, 0.2) is 0 Å². The number of rotatable bonds is 5. The number of piperazine rings is 1. The van der Waals surface area contributed by atoms with Crippen molar-refractivity contribution in [1.82, 2.24) is 15.1 Å². The Morgan fingerprint density at radius 1 is 1.21 bits per heavy atom. The molecule has 0 radical (unpaired) electrons. The number of methoxy groups -OCH3 is 1. The lowest BCUT2D eigenvalue weighted by atomic mass is 10.2. The van der Waals surface area contributed by atoms with Gasteiger partial charge in [-0.15, -0.1) is 0 Å². The van der Waals surface area contributed by atoms with Crippen molar-refractivity contribution in [3.63, 3.8) is 0 Å². The second-order valence-electron chi connectivity index (χ2n) is 5.40. The van der Waals surface area contributed by atoms with Gasteiger partial charge in [0.05, 0.1) is 19.3 Å². The van der Waals surface area contributed by atoms with Crippen LogP contribution in [0.4, 0.5) is 10.5 Å². The summed E-state index contributed by atoms with van der Waals surface area (Å²) in [4.78, 5) is 27.6. The van der Waals surface area contributed by atoms with Crippen molar-refractivity contribution in [1.29, 1.82) is 0 Å². The van der Waals surface area contributed by atoms with Gasteiger partial charge in [-0.1, -0.05) is 11.6 Å². The van der Waals surface area contributed by atoms with Crippen molar-refractivity contribution >= 4 is 29.2 Å². The molecule has 1 aliphatic heterocycles. The average Bonchev–Trinajstić information content (AvgIpc) is 2.60. The number of ether oxygens (including phenoxy) is 1. The number of hydrogen-bond donors (Lipinski definition) is 2. The molecule has 1 saturated heterocycles. The molecule has 1 fully saturated rings. The third kappa shape index (κ3) is 4.67. The van der Waals surface area contributed by atoms with E-state index in [1.807, 2.05) is 6.92 Å². The molecule has 3 amide bonds. The normalized spacial score (nSPS) is 14.3. The number of carbonyl (C=O) groups excluding carboxylic acids is 2. The summed E-state index contributed by atoms with van der Waals surface area (Å²) in [5.74, 6) is 0.612. The first-order chi connectivity index (χ1) is 11.5. The first-order valence-electron chi connectivity index (χ1n) is 7.93. The van der Waals surface area contributed by atoms with Crippen LogP contribution in [-0.4, -0.2) is 68.1 Å². The number of carbonyl (C=O) groups is 2. The summed E-state index contributed by atoms with van der Waals surface area (Å²) in [5.41, 5.74) is 0.680. The smallest absolute Gasteiger partial charge is 0.317 e. The zero-order chi connectivity index (χ0) is 17.5. The van der Waals surface area contributed by atoms with E-state index < -0.39 is 0 Å². The highest BCUT2D eigenvalue weighted by Crippen LogP contribution is 2.27. The Bertz CT molecular complexity index is 589. The lowest BCUT2D eigenvalue weighted by Gasteiger charge is -2.34. The van der Waals surface area contributed by atoms with E-state index >= 15 is 0 Å². The van der Waals surface area contributed by atoms with Gasteiger partial charge in [-0.3, -0.25) is 4.79 Å². The minimum atomic E-state index is -0.0774. The zero-order valence-corrected chi connectivity index (χ0v) is 14.7. The summed E-state index contributed by atoms with van der Waals surface area (Å²) in [5, 5.41) is 6.40.